The third kappa shape index (κ3) is 4.97. The Balaban J connectivity index is 1.04. The molecule has 244 valence electrons. The van der Waals surface area contributed by atoms with Crippen LogP contribution in [0, 0.1) is 0 Å². The van der Waals surface area contributed by atoms with Crippen LogP contribution in [0.25, 0.3) is 32.7 Å². The third-order valence-electron chi connectivity index (χ3n) is 11.5. The van der Waals surface area contributed by atoms with Crippen molar-refractivity contribution in [3.8, 4) is 44.2 Å². The van der Waals surface area contributed by atoms with Gasteiger partial charge in [-0.25, -0.2) is 0 Å². The van der Waals surface area contributed by atoms with E-state index in [0.29, 0.717) is 19.1 Å². The van der Waals surface area contributed by atoms with E-state index >= 15 is 0 Å². The fourth-order valence-electron chi connectivity index (χ4n) is 8.75. The maximum absolute atomic E-state index is 5.97. The first-order valence-electron chi connectivity index (χ1n) is 17.7. The van der Waals surface area contributed by atoms with Gasteiger partial charge < -0.3 is 9.47 Å². The number of aryl methyl sites for hydroxylation is 1. The molecule has 0 N–H and O–H groups in total. The molecule has 0 spiro atoms. The summed E-state index contributed by atoms with van der Waals surface area (Å²) >= 11 is 1.70. The fourth-order valence-corrected chi connectivity index (χ4v) is 9.69. The molecule has 2 heterocycles. The monoisotopic (exact) mass is 658 g/mol. The number of hydrogen-bond acceptors (Lipinski definition) is 3. The number of benzene rings is 5. The lowest BCUT2D eigenvalue weighted by molar-refractivity contribution is 0.174. The van der Waals surface area contributed by atoms with E-state index in [0.717, 1.165) is 35.6 Å². The van der Waals surface area contributed by atoms with Gasteiger partial charge in [0.25, 0.3) is 0 Å². The van der Waals surface area contributed by atoms with E-state index in [4.69, 9.17) is 9.47 Å². The summed E-state index contributed by atoms with van der Waals surface area (Å²) in [5, 5.41) is 2.07. The Hall–Kier alpha value is -4.60. The van der Waals surface area contributed by atoms with Crippen molar-refractivity contribution in [2.75, 3.05) is 13.2 Å². The van der Waals surface area contributed by atoms with Gasteiger partial charge in [-0.05, 0) is 91.9 Å². The molecule has 1 aromatic heterocycles. The largest absolute Gasteiger partial charge is 0.485 e. The minimum absolute atomic E-state index is 0.00151. The van der Waals surface area contributed by atoms with Gasteiger partial charge in [-0.1, -0.05) is 137 Å². The van der Waals surface area contributed by atoms with Gasteiger partial charge in [-0.3, -0.25) is 0 Å². The van der Waals surface area contributed by atoms with Gasteiger partial charge in [-0.2, -0.15) is 0 Å². The maximum Gasteiger partial charge on any atom is 0.179 e. The van der Waals surface area contributed by atoms with Crippen LogP contribution in [0.3, 0.4) is 0 Å². The van der Waals surface area contributed by atoms with Crippen LogP contribution >= 0.6 is 11.3 Å². The summed E-state index contributed by atoms with van der Waals surface area (Å²) in [5.41, 5.74) is 16.8. The molecule has 1 unspecified atom stereocenters. The molecular weight excluding hydrogens is 617 g/mol. The third-order valence-corrected chi connectivity index (χ3v) is 12.5. The summed E-state index contributed by atoms with van der Waals surface area (Å²) < 4.78 is 11.8. The zero-order valence-electron chi connectivity index (χ0n) is 28.8. The average molecular weight is 659 g/mol. The highest BCUT2D eigenvalue weighted by Gasteiger charge is 2.37. The number of rotatable bonds is 7. The minimum atomic E-state index is -0.0125. The highest BCUT2D eigenvalue weighted by atomic mass is 32.1. The smallest absolute Gasteiger partial charge is 0.179 e. The second kappa shape index (κ2) is 11.5. The Labute approximate surface area is 294 Å². The van der Waals surface area contributed by atoms with Gasteiger partial charge in [0.05, 0.1) is 4.88 Å². The summed E-state index contributed by atoms with van der Waals surface area (Å²) in [7, 11) is 0. The zero-order valence-corrected chi connectivity index (χ0v) is 29.6. The second-order valence-electron chi connectivity index (χ2n) is 15.1. The molecule has 3 aliphatic rings. The molecule has 0 bridgehead atoms. The lowest BCUT2D eigenvalue weighted by atomic mass is 9.79. The van der Waals surface area contributed by atoms with Gasteiger partial charge in [0, 0.05) is 16.2 Å². The molecule has 9 rings (SSSR count). The molecule has 1 atom stereocenters. The SMILES string of the molecule is CC1(C)c2ccccc2-c2ccc(CC(CCc3ccc(-c4scc5c4OCCO5)cc3)c3ccc4c(c3)C(C)(C)c3ccccc3-4)cc21. The molecule has 5 aromatic carbocycles. The normalized spacial score (nSPS) is 16.4. The van der Waals surface area contributed by atoms with Gasteiger partial charge in [-0.15, -0.1) is 11.3 Å². The maximum atomic E-state index is 5.97. The summed E-state index contributed by atoms with van der Waals surface area (Å²) in [6, 6.07) is 41.7. The molecule has 6 aromatic rings. The molecule has 0 amide bonds. The van der Waals surface area contributed by atoms with Crippen LogP contribution in [0.2, 0.25) is 0 Å². The van der Waals surface area contributed by atoms with Crippen LogP contribution in [0.1, 0.15) is 79.0 Å². The molecule has 1 aliphatic heterocycles. The summed E-state index contributed by atoms with van der Waals surface area (Å²) in [6.45, 7) is 10.8. The Morgan fingerprint density at radius 1 is 0.612 bits per heavy atom. The molecule has 2 aliphatic carbocycles. The van der Waals surface area contributed by atoms with E-state index < -0.39 is 0 Å². The van der Waals surface area contributed by atoms with Gasteiger partial charge in [0.15, 0.2) is 11.5 Å². The van der Waals surface area contributed by atoms with E-state index in [-0.39, 0.29) is 10.8 Å². The van der Waals surface area contributed by atoms with E-state index in [1.807, 2.05) is 0 Å². The van der Waals surface area contributed by atoms with Crippen molar-refractivity contribution in [3.63, 3.8) is 0 Å². The predicted octanol–water partition coefficient (Wildman–Crippen LogP) is 11.8. The van der Waals surface area contributed by atoms with E-state index in [2.05, 4.69) is 142 Å². The van der Waals surface area contributed by atoms with Gasteiger partial charge >= 0.3 is 0 Å². The molecule has 49 heavy (non-hydrogen) atoms. The second-order valence-corrected chi connectivity index (χ2v) is 16.0. The first kappa shape index (κ1) is 30.5. The van der Waals surface area contributed by atoms with E-state index in [1.165, 1.54) is 66.8 Å². The van der Waals surface area contributed by atoms with Crippen molar-refractivity contribution in [1.82, 2.24) is 0 Å². The van der Waals surface area contributed by atoms with Crippen molar-refractivity contribution in [2.45, 2.75) is 63.7 Å². The number of ether oxygens (including phenoxy) is 2. The Morgan fingerprint density at radius 3 is 1.92 bits per heavy atom. The van der Waals surface area contributed by atoms with Crippen LogP contribution in [-0.2, 0) is 23.7 Å². The molecule has 2 nitrogen and oxygen atoms in total. The van der Waals surface area contributed by atoms with Crippen LogP contribution in [0.4, 0.5) is 0 Å². The summed E-state index contributed by atoms with van der Waals surface area (Å²) in [5.74, 6) is 2.16. The molecule has 0 saturated heterocycles. The quantitative estimate of drug-likeness (QED) is 0.170. The molecule has 3 heteroatoms. The van der Waals surface area contributed by atoms with Crippen molar-refractivity contribution in [3.05, 3.63) is 154 Å². The van der Waals surface area contributed by atoms with Crippen molar-refractivity contribution in [1.29, 1.82) is 0 Å². The first-order valence-corrected chi connectivity index (χ1v) is 18.6. The molecule has 0 radical (unpaired) electrons. The van der Waals surface area contributed by atoms with Crippen LogP contribution in [0.15, 0.2) is 115 Å². The number of hydrogen-bond donors (Lipinski definition) is 0. The lowest BCUT2D eigenvalue weighted by Gasteiger charge is -2.25. The highest BCUT2D eigenvalue weighted by Crippen LogP contribution is 2.51. The Bertz CT molecular complexity index is 2220. The molecule has 0 fully saturated rings. The van der Waals surface area contributed by atoms with Crippen LogP contribution in [0.5, 0.6) is 11.5 Å². The summed E-state index contributed by atoms with van der Waals surface area (Å²) in [6.07, 6.45) is 3.12. The molecular formula is C46H42O2S. The van der Waals surface area contributed by atoms with Crippen molar-refractivity contribution < 1.29 is 9.47 Å². The van der Waals surface area contributed by atoms with Crippen LogP contribution < -0.4 is 9.47 Å². The average Bonchev–Trinajstić information content (AvgIpc) is 3.74. The van der Waals surface area contributed by atoms with Crippen molar-refractivity contribution >= 4 is 11.3 Å². The fraction of sp³-hybridized carbons (Fsp3) is 0.261. The standard InChI is InChI=1S/C46H42O2S/c1-45(2)38-11-7-5-9-34(38)36-21-16-30(26-40(36)45)25-32(33-20-22-37-35-10-6-8-12-39(35)46(3,4)41(37)27-33)19-15-29-13-17-31(18-14-29)44-43-42(28-49-44)47-23-24-48-43/h5-14,16-18,20-22,26-28,32H,15,19,23-25H2,1-4H3. The Morgan fingerprint density at radius 2 is 1.20 bits per heavy atom. The number of fused-ring (bicyclic) bond motifs is 7. The van der Waals surface area contributed by atoms with E-state index in [1.54, 1.807) is 11.3 Å². The number of thiophene rings is 1. The Kier molecular flexibility index (Phi) is 7.14. The van der Waals surface area contributed by atoms with Gasteiger partial charge in [0.1, 0.15) is 13.2 Å². The molecule has 0 saturated carbocycles. The summed E-state index contributed by atoms with van der Waals surface area (Å²) in [4.78, 5) is 1.16. The minimum Gasteiger partial charge on any atom is -0.485 e. The topological polar surface area (TPSA) is 18.5 Å². The lowest BCUT2D eigenvalue weighted by Crippen LogP contribution is -2.16. The predicted molar refractivity (Wildman–Crippen MR) is 204 cm³/mol. The first-order chi connectivity index (χ1) is 23.8. The van der Waals surface area contributed by atoms with Gasteiger partial charge in [0.2, 0.25) is 0 Å². The van der Waals surface area contributed by atoms with Crippen molar-refractivity contribution in [2.24, 2.45) is 0 Å². The van der Waals surface area contributed by atoms with E-state index in [9.17, 15) is 0 Å². The zero-order chi connectivity index (χ0) is 33.3. The van der Waals surface area contributed by atoms with Crippen LogP contribution in [-0.4, -0.2) is 13.2 Å². The highest BCUT2D eigenvalue weighted by molar-refractivity contribution is 7.14.